The molecule has 314 valence electrons. The number of Topliss-reactive ketones (excluding diaryl/α,β-unsaturated/α-hetero) is 6. The van der Waals surface area contributed by atoms with Crippen LogP contribution in [-0.4, -0.2) is 39.7 Å². The molecule has 8 heteroatoms. The van der Waals surface area contributed by atoms with Gasteiger partial charge in [0.25, 0.3) is 0 Å². The highest BCUT2D eigenvalue weighted by atomic mass is 16.2. The number of anilines is 1. The van der Waals surface area contributed by atoms with Crippen molar-refractivity contribution in [2.75, 3.05) is 5.01 Å². The number of allylic oxidation sites excluding steroid dienone is 4. The monoisotopic (exact) mass is 848 g/mol. The third-order valence-electron chi connectivity index (χ3n) is 11.7. The summed E-state index contributed by atoms with van der Waals surface area (Å²) in [6.07, 6.45) is 6.91. The summed E-state index contributed by atoms with van der Waals surface area (Å²) in [4.78, 5) is 92.6. The summed E-state index contributed by atoms with van der Waals surface area (Å²) in [5, 5.41) is 3.35. The number of carbonyl (C=O) groups is 6. The minimum absolute atomic E-state index is 0.0137. The van der Waals surface area contributed by atoms with E-state index in [0.29, 0.717) is 5.69 Å². The molecule has 8 nitrogen and oxygen atoms in total. The van der Waals surface area contributed by atoms with E-state index >= 15 is 28.8 Å². The molecule has 2 aliphatic rings. The summed E-state index contributed by atoms with van der Waals surface area (Å²) in [5.74, 6) is -8.37. The number of hydrazine groups is 1. The van der Waals surface area contributed by atoms with E-state index in [-0.39, 0.29) is 55.8 Å². The SMILES string of the molecule is O=C(c1ccccc1)C(C(=O)c1ccccc1)C1=C(C(C(=O)c2ccccc2)C(=O)c2ccccc2)N2C=CC=CN2c2cccc(C(C(=O)c3ccccc3)C(=O)c3ccccc3)c21. The maximum Gasteiger partial charge on any atom is 0.179 e. The van der Waals surface area contributed by atoms with E-state index in [0.717, 1.165) is 0 Å². The van der Waals surface area contributed by atoms with Gasteiger partial charge < -0.3 is 0 Å². The highest BCUT2D eigenvalue weighted by Gasteiger charge is 2.48. The average molecular weight is 849 g/mol. The van der Waals surface area contributed by atoms with Crippen molar-refractivity contribution >= 4 is 46.0 Å². The molecule has 9 rings (SSSR count). The maximum absolute atomic E-state index is 15.6. The van der Waals surface area contributed by atoms with Crippen molar-refractivity contribution in [3.8, 4) is 0 Å². The number of hydrogen-bond acceptors (Lipinski definition) is 8. The number of nitrogens with zero attached hydrogens (tertiary/aromatic N) is 2. The molecule has 0 saturated heterocycles. The van der Waals surface area contributed by atoms with Gasteiger partial charge in [-0.25, -0.2) is 0 Å². The second-order valence-electron chi connectivity index (χ2n) is 15.6. The van der Waals surface area contributed by atoms with Crippen molar-refractivity contribution in [1.82, 2.24) is 5.01 Å². The van der Waals surface area contributed by atoms with Gasteiger partial charge >= 0.3 is 0 Å². The van der Waals surface area contributed by atoms with Gasteiger partial charge in [-0.1, -0.05) is 194 Å². The third-order valence-corrected chi connectivity index (χ3v) is 11.7. The number of carbonyl (C=O) groups excluding carboxylic acids is 6. The van der Waals surface area contributed by atoms with Crippen LogP contribution in [0.2, 0.25) is 0 Å². The molecule has 0 unspecified atom stereocenters. The van der Waals surface area contributed by atoms with Crippen LogP contribution >= 0.6 is 0 Å². The van der Waals surface area contributed by atoms with Crippen LogP contribution in [0.3, 0.4) is 0 Å². The van der Waals surface area contributed by atoms with E-state index < -0.39 is 52.5 Å². The Morgan fingerprint density at radius 1 is 0.308 bits per heavy atom. The van der Waals surface area contributed by atoms with Crippen molar-refractivity contribution in [3.05, 3.63) is 275 Å². The lowest BCUT2D eigenvalue weighted by molar-refractivity contribution is 0.0795. The fraction of sp³-hybridized carbons (Fsp3) is 0.0526. The van der Waals surface area contributed by atoms with Crippen LogP contribution in [0, 0.1) is 11.8 Å². The zero-order valence-corrected chi connectivity index (χ0v) is 34.9. The summed E-state index contributed by atoms with van der Waals surface area (Å²) in [6, 6.07) is 55.7. The molecule has 2 aliphatic heterocycles. The van der Waals surface area contributed by atoms with Crippen LogP contribution in [0.25, 0.3) is 5.57 Å². The smallest absolute Gasteiger partial charge is 0.179 e. The molecule has 7 aromatic carbocycles. The van der Waals surface area contributed by atoms with Gasteiger partial charge in [0.2, 0.25) is 0 Å². The molecular formula is C57H40N2O6. The zero-order chi connectivity index (χ0) is 44.9. The predicted octanol–water partition coefficient (Wildman–Crippen LogP) is 11.1. The number of rotatable bonds is 15. The Morgan fingerprint density at radius 3 is 0.969 bits per heavy atom. The molecule has 0 atom stereocenters. The number of benzene rings is 7. The molecule has 2 heterocycles. The van der Waals surface area contributed by atoms with Gasteiger partial charge in [0, 0.05) is 56.9 Å². The molecule has 0 spiro atoms. The van der Waals surface area contributed by atoms with E-state index in [4.69, 9.17) is 0 Å². The number of hydrogen-bond donors (Lipinski definition) is 0. The largest absolute Gasteiger partial charge is 0.293 e. The highest BCUT2D eigenvalue weighted by Crippen LogP contribution is 2.50. The first-order valence-corrected chi connectivity index (χ1v) is 21.2. The van der Waals surface area contributed by atoms with E-state index in [1.165, 1.54) is 0 Å². The Morgan fingerprint density at radius 2 is 0.615 bits per heavy atom. The Bertz CT molecular complexity index is 2880. The van der Waals surface area contributed by atoms with E-state index in [9.17, 15) is 0 Å². The molecule has 0 radical (unpaired) electrons. The fourth-order valence-corrected chi connectivity index (χ4v) is 8.68. The molecule has 0 aliphatic carbocycles. The second-order valence-corrected chi connectivity index (χ2v) is 15.6. The number of ketones is 6. The molecule has 0 fully saturated rings. The lowest BCUT2D eigenvalue weighted by Crippen LogP contribution is -2.47. The summed E-state index contributed by atoms with van der Waals surface area (Å²) in [6.45, 7) is 0. The van der Waals surface area contributed by atoms with Gasteiger partial charge in [-0.3, -0.25) is 38.8 Å². The Hall–Kier alpha value is -8.62. The van der Waals surface area contributed by atoms with Crippen LogP contribution in [0.5, 0.6) is 0 Å². The van der Waals surface area contributed by atoms with Gasteiger partial charge in [-0.05, 0) is 23.8 Å². The van der Waals surface area contributed by atoms with Gasteiger partial charge in [0.05, 0.1) is 11.4 Å². The van der Waals surface area contributed by atoms with Crippen molar-refractivity contribution in [1.29, 1.82) is 0 Å². The van der Waals surface area contributed by atoms with E-state index in [1.807, 2.05) is 0 Å². The second kappa shape index (κ2) is 18.4. The molecule has 7 aromatic rings. The van der Waals surface area contributed by atoms with Gasteiger partial charge in [0.1, 0.15) is 17.8 Å². The topological polar surface area (TPSA) is 109 Å². The highest BCUT2D eigenvalue weighted by molar-refractivity contribution is 6.27. The molecule has 65 heavy (non-hydrogen) atoms. The van der Waals surface area contributed by atoms with Gasteiger partial charge in [-0.15, -0.1) is 0 Å². The predicted molar refractivity (Wildman–Crippen MR) is 250 cm³/mol. The first-order valence-electron chi connectivity index (χ1n) is 21.2. The van der Waals surface area contributed by atoms with E-state index in [2.05, 4.69) is 0 Å². The van der Waals surface area contributed by atoms with Gasteiger partial charge in [-0.2, -0.15) is 0 Å². The quantitative estimate of drug-likeness (QED) is 0.0741. The van der Waals surface area contributed by atoms with Crippen LogP contribution in [0.15, 0.2) is 230 Å². The molecule has 0 N–H and O–H groups in total. The molecule has 0 saturated carbocycles. The van der Waals surface area contributed by atoms with Crippen LogP contribution < -0.4 is 5.01 Å². The van der Waals surface area contributed by atoms with Crippen LogP contribution in [0.1, 0.15) is 79.2 Å². The first-order chi connectivity index (χ1) is 31.8. The molecule has 0 bridgehead atoms. The fourth-order valence-electron chi connectivity index (χ4n) is 8.68. The minimum Gasteiger partial charge on any atom is -0.293 e. The zero-order valence-electron chi connectivity index (χ0n) is 34.9. The minimum atomic E-state index is -1.72. The lowest BCUT2D eigenvalue weighted by atomic mass is 9.71. The Kier molecular flexibility index (Phi) is 11.8. The normalized spacial score (nSPS) is 12.8. The standard InChI is InChI=1S/C57H40N2O6/c60-52(38-22-7-1-8-23-38)47(53(61)39-24-9-2-10-25-39)44-34-21-35-45-46(44)48(49(54(62)40-26-11-3-12-27-40)55(63)41-28-13-4-14-29-41)51(59-37-20-19-36-58(45)59)50(56(64)42-30-15-5-16-31-42)57(65)43-32-17-6-18-33-43/h1-37,47,49-50H. The summed E-state index contributed by atoms with van der Waals surface area (Å²) in [5.41, 5.74) is 2.16. The maximum atomic E-state index is 15.6. The van der Waals surface area contributed by atoms with Crippen LogP contribution in [0.4, 0.5) is 5.69 Å². The number of fused-ring (bicyclic) bond motifs is 3. The average Bonchev–Trinajstić information content (AvgIpc) is 3.38. The van der Waals surface area contributed by atoms with Crippen molar-refractivity contribution < 1.29 is 28.8 Å². The van der Waals surface area contributed by atoms with Gasteiger partial charge in [0.15, 0.2) is 34.7 Å². The van der Waals surface area contributed by atoms with E-state index in [1.54, 1.807) is 235 Å². The van der Waals surface area contributed by atoms with Crippen LogP contribution in [-0.2, 0) is 0 Å². The van der Waals surface area contributed by atoms with Crippen molar-refractivity contribution in [3.63, 3.8) is 0 Å². The first kappa shape index (κ1) is 41.7. The lowest BCUT2D eigenvalue weighted by Gasteiger charge is -2.46. The Balaban J connectivity index is 1.45. The Labute approximate surface area is 376 Å². The summed E-state index contributed by atoms with van der Waals surface area (Å²) in [7, 11) is 0. The summed E-state index contributed by atoms with van der Waals surface area (Å²) < 4.78 is 0. The van der Waals surface area contributed by atoms with Crippen molar-refractivity contribution in [2.45, 2.75) is 5.92 Å². The summed E-state index contributed by atoms with van der Waals surface area (Å²) >= 11 is 0. The molecular weight excluding hydrogens is 809 g/mol. The van der Waals surface area contributed by atoms with Crippen molar-refractivity contribution in [2.24, 2.45) is 11.8 Å². The third kappa shape index (κ3) is 8.01. The molecule has 0 amide bonds. The molecule has 0 aromatic heterocycles.